The van der Waals surface area contributed by atoms with Crippen LogP contribution >= 0.6 is 0 Å². The standard InChI is InChI=1S/C18H18N4O/c19-12-15-8-4-10-20-18(15)21-16(14-6-2-1-3-7-14)13-22-11-5-9-17(22)23/h1-4,6-8,10,16H,5,9,11,13H2,(H,20,21)/t16-/m0/s1. The van der Waals surface area contributed by atoms with E-state index in [1.807, 2.05) is 35.2 Å². The molecule has 1 atom stereocenters. The van der Waals surface area contributed by atoms with Crippen LogP contribution < -0.4 is 5.32 Å². The Morgan fingerprint density at radius 3 is 2.78 bits per heavy atom. The number of carbonyl (C=O) groups is 1. The molecule has 0 aliphatic carbocycles. The van der Waals surface area contributed by atoms with Crippen molar-refractivity contribution < 1.29 is 4.79 Å². The lowest BCUT2D eigenvalue weighted by molar-refractivity contribution is -0.127. The van der Waals surface area contributed by atoms with Gasteiger partial charge in [-0.2, -0.15) is 5.26 Å². The highest BCUT2D eigenvalue weighted by Crippen LogP contribution is 2.23. The number of hydrogen-bond donors (Lipinski definition) is 1. The Morgan fingerprint density at radius 1 is 1.26 bits per heavy atom. The number of nitriles is 1. The average Bonchev–Trinajstić information content (AvgIpc) is 3.00. The number of carbonyl (C=O) groups excluding carboxylic acids is 1. The SMILES string of the molecule is N#Cc1cccnc1N[C@@H](CN1CCCC1=O)c1ccccc1. The van der Waals surface area contributed by atoms with Crippen LogP contribution in [0.3, 0.4) is 0 Å². The van der Waals surface area contributed by atoms with Crippen LogP contribution in [0.15, 0.2) is 48.7 Å². The van der Waals surface area contributed by atoms with Gasteiger partial charge in [0.2, 0.25) is 5.91 Å². The molecule has 1 N–H and O–H groups in total. The molecule has 1 aliphatic rings. The van der Waals surface area contributed by atoms with E-state index in [-0.39, 0.29) is 11.9 Å². The van der Waals surface area contributed by atoms with Gasteiger partial charge in [0.15, 0.2) is 0 Å². The molecule has 1 aliphatic heterocycles. The third-order valence-electron chi connectivity index (χ3n) is 4.02. The van der Waals surface area contributed by atoms with Crippen molar-refractivity contribution in [1.29, 1.82) is 5.26 Å². The molecule has 0 saturated carbocycles. The van der Waals surface area contributed by atoms with E-state index in [2.05, 4.69) is 16.4 Å². The van der Waals surface area contributed by atoms with Gasteiger partial charge >= 0.3 is 0 Å². The maximum Gasteiger partial charge on any atom is 0.222 e. The van der Waals surface area contributed by atoms with Crippen molar-refractivity contribution in [2.24, 2.45) is 0 Å². The van der Waals surface area contributed by atoms with Crippen molar-refractivity contribution in [3.63, 3.8) is 0 Å². The Bertz CT molecular complexity index is 723. The molecule has 1 saturated heterocycles. The predicted molar refractivity (Wildman–Crippen MR) is 87.6 cm³/mol. The van der Waals surface area contributed by atoms with Gasteiger partial charge in [-0.25, -0.2) is 4.98 Å². The second kappa shape index (κ2) is 6.93. The quantitative estimate of drug-likeness (QED) is 0.922. The van der Waals surface area contributed by atoms with E-state index in [1.54, 1.807) is 18.3 Å². The monoisotopic (exact) mass is 306 g/mol. The molecular formula is C18H18N4O. The second-order valence-electron chi connectivity index (χ2n) is 5.56. The summed E-state index contributed by atoms with van der Waals surface area (Å²) in [4.78, 5) is 18.1. The second-order valence-corrected chi connectivity index (χ2v) is 5.56. The number of rotatable bonds is 5. The highest BCUT2D eigenvalue weighted by atomic mass is 16.2. The van der Waals surface area contributed by atoms with Gasteiger partial charge in [0.1, 0.15) is 11.9 Å². The van der Waals surface area contributed by atoms with Crippen molar-refractivity contribution in [2.45, 2.75) is 18.9 Å². The topological polar surface area (TPSA) is 69.0 Å². The molecule has 0 radical (unpaired) electrons. The summed E-state index contributed by atoms with van der Waals surface area (Å²) < 4.78 is 0. The van der Waals surface area contributed by atoms with Gasteiger partial charge in [0, 0.05) is 25.7 Å². The molecule has 5 heteroatoms. The molecule has 23 heavy (non-hydrogen) atoms. The fourth-order valence-corrected chi connectivity index (χ4v) is 2.81. The minimum Gasteiger partial charge on any atom is -0.360 e. The number of hydrogen-bond acceptors (Lipinski definition) is 4. The van der Waals surface area contributed by atoms with Gasteiger partial charge < -0.3 is 10.2 Å². The van der Waals surface area contributed by atoms with E-state index in [9.17, 15) is 10.1 Å². The van der Waals surface area contributed by atoms with Gasteiger partial charge in [-0.15, -0.1) is 0 Å². The van der Waals surface area contributed by atoms with Crippen molar-refractivity contribution in [2.75, 3.05) is 18.4 Å². The van der Waals surface area contributed by atoms with Gasteiger partial charge in [0.05, 0.1) is 11.6 Å². The fraction of sp³-hybridized carbons (Fsp3) is 0.278. The van der Waals surface area contributed by atoms with Crippen molar-refractivity contribution >= 4 is 11.7 Å². The maximum atomic E-state index is 11.9. The lowest BCUT2D eigenvalue weighted by atomic mass is 10.1. The minimum atomic E-state index is -0.0970. The third kappa shape index (κ3) is 3.49. The maximum absolute atomic E-state index is 11.9. The lowest BCUT2D eigenvalue weighted by Gasteiger charge is -2.26. The summed E-state index contributed by atoms with van der Waals surface area (Å²) in [6, 6.07) is 15.5. The van der Waals surface area contributed by atoms with E-state index >= 15 is 0 Å². The third-order valence-corrected chi connectivity index (χ3v) is 4.02. The zero-order valence-electron chi connectivity index (χ0n) is 12.8. The zero-order valence-corrected chi connectivity index (χ0v) is 12.8. The number of aromatic nitrogens is 1. The number of nitrogens with one attached hydrogen (secondary N) is 1. The zero-order chi connectivity index (χ0) is 16.1. The smallest absolute Gasteiger partial charge is 0.222 e. The van der Waals surface area contributed by atoms with Gasteiger partial charge in [-0.05, 0) is 24.1 Å². The first-order valence-corrected chi connectivity index (χ1v) is 7.72. The summed E-state index contributed by atoms with van der Waals surface area (Å²) in [5.74, 6) is 0.741. The van der Waals surface area contributed by atoms with Gasteiger partial charge in [-0.1, -0.05) is 30.3 Å². The highest BCUT2D eigenvalue weighted by Gasteiger charge is 2.24. The summed E-state index contributed by atoms with van der Waals surface area (Å²) >= 11 is 0. The van der Waals surface area contributed by atoms with Crippen LogP contribution in [0.5, 0.6) is 0 Å². The molecule has 1 aromatic heterocycles. The molecule has 2 aromatic rings. The van der Waals surface area contributed by atoms with Crippen LogP contribution in [0.1, 0.15) is 30.0 Å². The van der Waals surface area contributed by atoms with Crippen LogP contribution in [-0.2, 0) is 4.79 Å². The van der Waals surface area contributed by atoms with Gasteiger partial charge in [-0.3, -0.25) is 4.79 Å². The van der Waals surface area contributed by atoms with Crippen LogP contribution in [0.25, 0.3) is 0 Å². The minimum absolute atomic E-state index is 0.0970. The van der Waals surface area contributed by atoms with E-state index in [4.69, 9.17) is 0 Å². The van der Waals surface area contributed by atoms with E-state index in [1.165, 1.54) is 0 Å². The first kappa shape index (κ1) is 15.0. The van der Waals surface area contributed by atoms with Crippen LogP contribution in [0, 0.1) is 11.3 Å². The molecule has 3 rings (SSSR count). The summed E-state index contributed by atoms with van der Waals surface area (Å²) in [5, 5.41) is 12.6. The van der Waals surface area contributed by atoms with Crippen LogP contribution in [0.2, 0.25) is 0 Å². The first-order valence-electron chi connectivity index (χ1n) is 7.72. The number of anilines is 1. The molecule has 116 valence electrons. The molecule has 2 heterocycles. The first-order chi connectivity index (χ1) is 11.3. The molecule has 0 bridgehead atoms. The summed E-state index contributed by atoms with van der Waals surface area (Å²) in [6.45, 7) is 1.36. The lowest BCUT2D eigenvalue weighted by Crippen LogP contribution is -2.32. The number of likely N-dealkylation sites (tertiary alicyclic amines) is 1. The Labute approximate surface area is 135 Å². The molecule has 0 unspecified atom stereocenters. The number of benzene rings is 1. The van der Waals surface area contributed by atoms with E-state index in [0.29, 0.717) is 24.3 Å². The molecule has 1 fully saturated rings. The van der Waals surface area contributed by atoms with Crippen molar-refractivity contribution in [3.05, 3.63) is 59.8 Å². The molecule has 0 spiro atoms. The van der Waals surface area contributed by atoms with Crippen LogP contribution in [-0.4, -0.2) is 28.9 Å². The number of nitrogens with zero attached hydrogens (tertiary/aromatic N) is 3. The Kier molecular flexibility index (Phi) is 4.53. The Morgan fingerprint density at radius 2 is 2.09 bits per heavy atom. The predicted octanol–water partition coefficient (Wildman–Crippen LogP) is 2.73. The summed E-state index contributed by atoms with van der Waals surface area (Å²) in [7, 11) is 0. The van der Waals surface area contributed by atoms with E-state index in [0.717, 1.165) is 18.5 Å². The van der Waals surface area contributed by atoms with Crippen LogP contribution in [0.4, 0.5) is 5.82 Å². The molecular weight excluding hydrogens is 288 g/mol. The molecule has 5 nitrogen and oxygen atoms in total. The highest BCUT2D eigenvalue weighted by molar-refractivity contribution is 5.78. The number of amides is 1. The molecule has 1 aromatic carbocycles. The summed E-state index contributed by atoms with van der Waals surface area (Å²) in [6.07, 6.45) is 3.19. The fourth-order valence-electron chi connectivity index (χ4n) is 2.81. The van der Waals surface area contributed by atoms with Gasteiger partial charge in [0.25, 0.3) is 0 Å². The van der Waals surface area contributed by atoms with E-state index < -0.39 is 0 Å². The summed E-state index contributed by atoms with van der Waals surface area (Å²) in [5.41, 5.74) is 1.57. The Balaban J connectivity index is 1.86. The normalized spacial score (nSPS) is 15.3. The number of pyridine rings is 1. The Hall–Kier alpha value is -2.87. The largest absolute Gasteiger partial charge is 0.360 e. The average molecular weight is 306 g/mol. The molecule has 1 amide bonds. The van der Waals surface area contributed by atoms with Crippen molar-refractivity contribution in [3.8, 4) is 6.07 Å². The van der Waals surface area contributed by atoms with Crippen molar-refractivity contribution in [1.82, 2.24) is 9.88 Å².